The normalized spacial score (nSPS) is 20.6. The third-order valence-electron chi connectivity index (χ3n) is 6.12. The zero-order valence-electron chi connectivity index (χ0n) is 15.9. The number of aliphatic hydroxyl groups excluding tert-OH is 1. The maximum absolute atomic E-state index is 13.4. The van der Waals surface area contributed by atoms with E-state index in [4.69, 9.17) is 0 Å². The van der Waals surface area contributed by atoms with Gasteiger partial charge in [0.25, 0.3) is 5.91 Å². The van der Waals surface area contributed by atoms with E-state index in [2.05, 4.69) is 9.27 Å². The summed E-state index contributed by atoms with van der Waals surface area (Å²) in [5.41, 5.74) is 2.39. The summed E-state index contributed by atoms with van der Waals surface area (Å²) in [5.74, 6) is 0.0706. The van der Waals surface area contributed by atoms with E-state index in [9.17, 15) is 14.3 Å². The number of halogens is 1. The van der Waals surface area contributed by atoms with E-state index in [0.717, 1.165) is 48.3 Å². The van der Waals surface area contributed by atoms with Gasteiger partial charge in [-0.15, -0.1) is 0 Å². The number of nitrogens with zero attached hydrogens (tertiary/aromatic N) is 3. The van der Waals surface area contributed by atoms with Gasteiger partial charge in [-0.25, -0.2) is 4.39 Å². The molecule has 1 amide bonds. The molecule has 1 saturated heterocycles. The van der Waals surface area contributed by atoms with Crippen LogP contribution in [0.3, 0.4) is 0 Å². The first kappa shape index (κ1) is 18.7. The van der Waals surface area contributed by atoms with Crippen LogP contribution in [0.1, 0.15) is 46.6 Å². The fourth-order valence-electron chi connectivity index (χ4n) is 4.48. The smallest absolute Gasteiger partial charge is 0.256 e. The summed E-state index contributed by atoms with van der Waals surface area (Å²) in [6.45, 7) is 3.11. The van der Waals surface area contributed by atoms with E-state index in [1.807, 2.05) is 24.3 Å². The molecular weight excluding hydrogens is 389 g/mol. The van der Waals surface area contributed by atoms with Gasteiger partial charge < -0.3 is 14.9 Å². The molecule has 2 aromatic carbocycles. The summed E-state index contributed by atoms with van der Waals surface area (Å²) in [6, 6.07) is 12.2. The van der Waals surface area contributed by atoms with Gasteiger partial charge in [-0.3, -0.25) is 4.79 Å². The molecule has 3 heterocycles. The SMILES string of the molecule is O=C1c2ccccc2C(O)N1CCN1CCC(c2nsc3cc(F)ccc23)CC1. The quantitative estimate of drug-likeness (QED) is 0.710. The number of aromatic nitrogens is 1. The number of rotatable bonds is 4. The number of amides is 1. The Labute approximate surface area is 172 Å². The van der Waals surface area contributed by atoms with E-state index in [1.165, 1.54) is 17.6 Å². The van der Waals surface area contributed by atoms with E-state index in [0.29, 0.717) is 23.6 Å². The summed E-state index contributed by atoms with van der Waals surface area (Å²) < 4.78 is 18.9. The second-order valence-electron chi connectivity index (χ2n) is 7.78. The fourth-order valence-corrected chi connectivity index (χ4v) is 5.36. The Balaban J connectivity index is 1.19. The second kappa shape index (κ2) is 7.48. The standard InChI is InChI=1S/C22H22FN3O2S/c23-15-5-6-18-19(13-15)29-24-20(18)14-7-9-25(10-8-14)11-12-26-21(27)16-3-1-2-4-17(16)22(26)28/h1-6,13-14,21,27H,7-12H2. The Morgan fingerprint density at radius 1 is 1.14 bits per heavy atom. The van der Waals surface area contributed by atoms with Crippen molar-refractivity contribution in [3.8, 4) is 0 Å². The van der Waals surface area contributed by atoms with Crippen molar-refractivity contribution in [2.24, 2.45) is 0 Å². The topological polar surface area (TPSA) is 56.7 Å². The van der Waals surface area contributed by atoms with Crippen LogP contribution < -0.4 is 0 Å². The maximum Gasteiger partial charge on any atom is 0.256 e. The molecular formula is C22H22FN3O2S. The minimum absolute atomic E-state index is 0.0934. The molecule has 7 heteroatoms. The van der Waals surface area contributed by atoms with Gasteiger partial charge >= 0.3 is 0 Å². The fraction of sp³-hybridized carbons (Fsp3) is 0.364. The van der Waals surface area contributed by atoms with Crippen molar-refractivity contribution >= 4 is 27.5 Å². The van der Waals surface area contributed by atoms with E-state index in [-0.39, 0.29) is 11.7 Å². The molecule has 29 heavy (non-hydrogen) atoms. The van der Waals surface area contributed by atoms with E-state index >= 15 is 0 Å². The highest BCUT2D eigenvalue weighted by atomic mass is 32.1. The number of benzene rings is 2. The zero-order chi connectivity index (χ0) is 20.0. The molecule has 5 rings (SSSR count). The van der Waals surface area contributed by atoms with Crippen LogP contribution >= 0.6 is 11.5 Å². The Hall–Kier alpha value is -2.35. The van der Waals surface area contributed by atoms with Gasteiger partial charge in [0.05, 0.1) is 10.4 Å². The summed E-state index contributed by atoms with van der Waals surface area (Å²) >= 11 is 1.37. The first-order chi connectivity index (χ1) is 14.1. The van der Waals surface area contributed by atoms with Crippen molar-refractivity contribution in [2.45, 2.75) is 25.0 Å². The van der Waals surface area contributed by atoms with Crippen LogP contribution in [0.15, 0.2) is 42.5 Å². The van der Waals surface area contributed by atoms with Gasteiger partial charge in [-0.1, -0.05) is 18.2 Å². The van der Waals surface area contributed by atoms with E-state index in [1.54, 1.807) is 17.0 Å². The first-order valence-electron chi connectivity index (χ1n) is 9.97. The van der Waals surface area contributed by atoms with Gasteiger partial charge in [0.15, 0.2) is 6.23 Å². The third-order valence-corrected chi connectivity index (χ3v) is 6.94. The summed E-state index contributed by atoms with van der Waals surface area (Å²) in [7, 11) is 0. The molecule has 1 aromatic heterocycles. The van der Waals surface area contributed by atoms with Crippen LogP contribution in [0.4, 0.5) is 4.39 Å². The van der Waals surface area contributed by atoms with Crippen molar-refractivity contribution in [1.82, 2.24) is 14.2 Å². The highest BCUT2D eigenvalue weighted by Crippen LogP contribution is 2.35. The largest absolute Gasteiger partial charge is 0.369 e. The highest BCUT2D eigenvalue weighted by Gasteiger charge is 2.35. The van der Waals surface area contributed by atoms with Crippen LogP contribution in [0.5, 0.6) is 0 Å². The van der Waals surface area contributed by atoms with Crippen LogP contribution in [0.25, 0.3) is 10.1 Å². The molecule has 5 nitrogen and oxygen atoms in total. The summed E-state index contributed by atoms with van der Waals surface area (Å²) in [5, 5.41) is 11.5. The molecule has 150 valence electrons. The average molecular weight is 412 g/mol. The molecule has 1 unspecified atom stereocenters. The minimum Gasteiger partial charge on any atom is -0.369 e. The third kappa shape index (κ3) is 3.33. The Morgan fingerprint density at radius 2 is 1.93 bits per heavy atom. The molecule has 1 fully saturated rings. The molecule has 1 N–H and O–H groups in total. The number of carbonyl (C=O) groups excluding carboxylic acids is 1. The molecule has 0 saturated carbocycles. The summed E-state index contributed by atoms with van der Waals surface area (Å²) in [4.78, 5) is 16.4. The number of piperidine rings is 1. The monoisotopic (exact) mass is 411 g/mol. The zero-order valence-corrected chi connectivity index (χ0v) is 16.7. The highest BCUT2D eigenvalue weighted by molar-refractivity contribution is 7.13. The van der Waals surface area contributed by atoms with Gasteiger partial charge in [0.1, 0.15) is 5.82 Å². The molecule has 1 atom stereocenters. The predicted octanol–water partition coefficient (Wildman–Crippen LogP) is 3.76. The first-order valence-corrected chi connectivity index (χ1v) is 10.7. The molecule has 0 aliphatic carbocycles. The van der Waals surface area contributed by atoms with E-state index < -0.39 is 6.23 Å². The Morgan fingerprint density at radius 3 is 2.72 bits per heavy atom. The van der Waals surface area contributed by atoms with Crippen molar-refractivity contribution in [2.75, 3.05) is 26.2 Å². The lowest BCUT2D eigenvalue weighted by atomic mass is 9.91. The number of hydrogen-bond acceptors (Lipinski definition) is 5. The minimum atomic E-state index is -0.849. The molecule has 3 aromatic rings. The van der Waals surface area contributed by atoms with Gasteiger partial charge in [0.2, 0.25) is 0 Å². The second-order valence-corrected chi connectivity index (χ2v) is 8.59. The molecule has 0 bridgehead atoms. The van der Waals surface area contributed by atoms with Crippen LogP contribution in [-0.2, 0) is 0 Å². The number of likely N-dealkylation sites (tertiary alicyclic amines) is 1. The molecule has 2 aliphatic rings. The van der Waals surface area contributed by atoms with Crippen LogP contribution in [0, 0.1) is 5.82 Å². The lowest BCUT2D eigenvalue weighted by molar-refractivity contribution is 0.0126. The number of aliphatic hydroxyl groups is 1. The van der Waals surface area contributed by atoms with Crippen molar-refractivity contribution in [3.05, 3.63) is 65.1 Å². The van der Waals surface area contributed by atoms with Crippen molar-refractivity contribution in [1.29, 1.82) is 0 Å². The number of fused-ring (bicyclic) bond motifs is 2. The van der Waals surface area contributed by atoms with Crippen LogP contribution in [0.2, 0.25) is 0 Å². The molecule has 0 radical (unpaired) electrons. The average Bonchev–Trinajstić information content (AvgIpc) is 3.26. The number of hydrogen-bond donors (Lipinski definition) is 1. The van der Waals surface area contributed by atoms with Gasteiger partial charge in [-0.05, 0) is 61.7 Å². The van der Waals surface area contributed by atoms with Crippen molar-refractivity contribution < 1.29 is 14.3 Å². The lowest BCUT2D eigenvalue weighted by Gasteiger charge is -2.33. The number of carbonyl (C=O) groups is 1. The van der Waals surface area contributed by atoms with Gasteiger partial charge in [0, 0.05) is 35.5 Å². The summed E-state index contributed by atoms with van der Waals surface area (Å²) in [6.07, 6.45) is 1.14. The predicted molar refractivity (Wildman–Crippen MR) is 110 cm³/mol. The lowest BCUT2D eigenvalue weighted by Crippen LogP contribution is -2.40. The molecule has 2 aliphatic heterocycles. The Kier molecular flexibility index (Phi) is 4.81. The van der Waals surface area contributed by atoms with Crippen molar-refractivity contribution in [3.63, 3.8) is 0 Å². The molecule has 0 spiro atoms. The van der Waals surface area contributed by atoms with Crippen LogP contribution in [-0.4, -0.2) is 51.4 Å². The van der Waals surface area contributed by atoms with Gasteiger partial charge in [-0.2, -0.15) is 4.37 Å². The maximum atomic E-state index is 13.4. The Bertz CT molecular complexity index is 1060.